The van der Waals surface area contributed by atoms with Crippen molar-refractivity contribution >= 4 is 5.91 Å². The van der Waals surface area contributed by atoms with Gasteiger partial charge in [-0.3, -0.25) is 9.69 Å². The van der Waals surface area contributed by atoms with E-state index in [1.54, 1.807) is 6.08 Å². The number of piperazine rings is 1. The van der Waals surface area contributed by atoms with Gasteiger partial charge in [-0.2, -0.15) is 0 Å². The van der Waals surface area contributed by atoms with Crippen LogP contribution in [0.15, 0.2) is 12.7 Å². The SMILES string of the molecule is C=CCN1C(CO)C(=O)NCC1(C)C. The molecule has 2 N–H and O–H groups in total. The van der Waals surface area contributed by atoms with Crippen LogP contribution >= 0.6 is 0 Å². The van der Waals surface area contributed by atoms with Crippen LogP contribution in [0.1, 0.15) is 13.8 Å². The Morgan fingerprint density at radius 2 is 2.43 bits per heavy atom. The van der Waals surface area contributed by atoms with Crippen molar-refractivity contribution in [2.75, 3.05) is 19.7 Å². The van der Waals surface area contributed by atoms with Gasteiger partial charge < -0.3 is 10.4 Å². The molecule has 0 aromatic carbocycles. The summed E-state index contributed by atoms with van der Waals surface area (Å²) in [6, 6.07) is -0.447. The van der Waals surface area contributed by atoms with Crippen LogP contribution in [-0.4, -0.2) is 47.2 Å². The van der Waals surface area contributed by atoms with Crippen LogP contribution in [0.25, 0.3) is 0 Å². The van der Waals surface area contributed by atoms with Gasteiger partial charge in [0.2, 0.25) is 5.91 Å². The molecular weight excluding hydrogens is 180 g/mol. The van der Waals surface area contributed by atoms with Crippen LogP contribution in [0.3, 0.4) is 0 Å². The Morgan fingerprint density at radius 3 is 2.93 bits per heavy atom. The van der Waals surface area contributed by atoms with E-state index in [-0.39, 0.29) is 18.1 Å². The lowest BCUT2D eigenvalue weighted by molar-refractivity contribution is -0.135. The maximum atomic E-state index is 11.5. The Kier molecular flexibility index (Phi) is 3.29. The van der Waals surface area contributed by atoms with Crippen LogP contribution in [0.4, 0.5) is 0 Å². The van der Waals surface area contributed by atoms with E-state index in [4.69, 9.17) is 5.11 Å². The van der Waals surface area contributed by atoms with Crippen LogP contribution in [0.2, 0.25) is 0 Å². The van der Waals surface area contributed by atoms with Crippen molar-refractivity contribution in [3.63, 3.8) is 0 Å². The fourth-order valence-corrected chi connectivity index (χ4v) is 1.78. The Bertz CT molecular complexity index is 238. The summed E-state index contributed by atoms with van der Waals surface area (Å²) in [7, 11) is 0. The van der Waals surface area contributed by atoms with Crippen molar-refractivity contribution in [3.05, 3.63) is 12.7 Å². The highest BCUT2D eigenvalue weighted by atomic mass is 16.3. The summed E-state index contributed by atoms with van der Waals surface area (Å²) in [5.41, 5.74) is -0.129. The van der Waals surface area contributed by atoms with Crippen LogP contribution in [0.5, 0.6) is 0 Å². The van der Waals surface area contributed by atoms with E-state index >= 15 is 0 Å². The van der Waals surface area contributed by atoms with Crippen LogP contribution < -0.4 is 5.32 Å². The molecule has 0 saturated carbocycles. The number of nitrogens with one attached hydrogen (secondary N) is 1. The molecule has 0 radical (unpaired) electrons. The molecule has 1 saturated heterocycles. The van der Waals surface area contributed by atoms with Gasteiger partial charge in [0.05, 0.1) is 6.61 Å². The number of aliphatic hydroxyl groups excluding tert-OH is 1. The van der Waals surface area contributed by atoms with E-state index in [1.807, 2.05) is 18.7 Å². The predicted octanol–water partition coefficient (Wildman–Crippen LogP) is -0.256. The molecule has 80 valence electrons. The molecule has 0 bridgehead atoms. The number of nitrogens with zero attached hydrogens (tertiary/aromatic N) is 1. The third kappa shape index (κ3) is 1.96. The Hall–Kier alpha value is -0.870. The van der Waals surface area contributed by atoms with E-state index in [1.165, 1.54) is 0 Å². The molecular formula is C10H18N2O2. The average molecular weight is 198 g/mol. The molecule has 1 atom stereocenters. The van der Waals surface area contributed by atoms with Crippen molar-refractivity contribution < 1.29 is 9.90 Å². The second-order valence-electron chi connectivity index (χ2n) is 4.17. The fourth-order valence-electron chi connectivity index (χ4n) is 1.78. The number of amides is 1. The van der Waals surface area contributed by atoms with Gasteiger partial charge in [0, 0.05) is 18.6 Å². The smallest absolute Gasteiger partial charge is 0.239 e. The summed E-state index contributed by atoms with van der Waals surface area (Å²) >= 11 is 0. The molecule has 0 aromatic rings. The highest BCUT2D eigenvalue weighted by molar-refractivity contribution is 5.83. The molecule has 0 aliphatic carbocycles. The highest BCUT2D eigenvalue weighted by Gasteiger charge is 2.39. The van der Waals surface area contributed by atoms with Gasteiger partial charge in [-0.1, -0.05) is 6.08 Å². The Morgan fingerprint density at radius 1 is 1.79 bits per heavy atom. The second kappa shape index (κ2) is 4.11. The lowest BCUT2D eigenvalue weighted by Gasteiger charge is -2.46. The normalized spacial score (nSPS) is 27.1. The standard InChI is InChI=1S/C10H18N2O2/c1-4-5-12-8(6-13)9(14)11-7-10(12,2)3/h4,8,13H,1,5-7H2,2-3H3,(H,11,14). The predicted molar refractivity (Wildman–Crippen MR) is 54.9 cm³/mol. The first-order valence-electron chi connectivity index (χ1n) is 4.79. The topological polar surface area (TPSA) is 52.6 Å². The number of carbonyl (C=O) groups is 1. The van der Waals surface area contributed by atoms with Gasteiger partial charge in [-0.25, -0.2) is 0 Å². The summed E-state index contributed by atoms with van der Waals surface area (Å²) in [4.78, 5) is 13.4. The molecule has 4 nitrogen and oxygen atoms in total. The lowest BCUT2D eigenvalue weighted by Crippen LogP contribution is -2.66. The van der Waals surface area contributed by atoms with Gasteiger partial charge in [0.25, 0.3) is 0 Å². The summed E-state index contributed by atoms with van der Waals surface area (Å²) in [6.07, 6.45) is 1.75. The first-order valence-corrected chi connectivity index (χ1v) is 4.79. The number of aliphatic hydroxyl groups is 1. The zero-order valence-electron chi connectivity index (χ0n) is 8.79. The quantitative estimate of drug-likeness (QED) is 0.615. The van der Waals surface area contributed by atoms with E-state index < -0.39 is 6.04 Å². The molecule has 4 heteroatoms. The minimum Gasteiger partial charge on any atom is -0.394 e. The van der Waals surface area contributed by atoms with Gasteiger partial charge in [0.15, 0.2) is 0 Å². The van der Waals surface area contributed by atoms with Gasteiger partial charge in [-0.05, 0) is 13.8 Å². The first kappa shape index (κ1) is 11.2. The average Bonchev–Trinajstić information content (AvgIpc) is 2.13. The summed E-state index contributed by atoms with van der Waals surface area (Å²) in [6.45, 7) is 8.81. The summed E-state index contributed by atoms with van der Waals surface area (Å²) in [5, 5.41) is 11.9. The van der Waals surface area contributed by atoms with E-state index in [0.29, 0.717) is 13.1 Å². The van der Waals surface area contributed by atoms with Crippen molar-refractivity contribution in [3.8, 4) is 0 Å². The zero-order valence-corrected chi connectivity index (χ0v) is 8.79. The maximum Gasteiger partial charge on any atom is 0.239 e. The minimum atomic E-state index is -0.447. The minimum absolute atomic E-state index is 0.103. The van der Waals surface area contributed by atoms with E-state index in [9.17, 15) is 4.79 Å². The summed E-state index contributed by atoms with van der Waals surface area (Å²) < 4.78 is 0. The molecule has 1 rings (SSSR count). The van der Waals surface area contributed by atoms with Crippen molar-refractivity contribution in [1.82, 2.24) is 10.2 Å². The van der Waals surface area contributed by atoms with Gasteiger partial charge in [-0.15, -0.1) is 6.58 Å². The second-order valence-corrected chi connectivity index (χ2v) is 4.17. The molecule has 0 spiro atoms. The fraction of sp³-hybridized carbons (Fsp3) is 0.700. The third-order valence-electron chi connectivity index (χ3n) is 2.65. The van der Waals surface area contributed by atoms with E-state index in [2.05, 4.69) is 11.9 Å². The van der Waals surface area contributed by atoms with Gasteiger partial charge in [0.1, 0.15) is 6.04 Å². The first-order chi connectivity index (χ1) is 6.53. The number of rotatable bonds is 3. The van der Waals surface area contributed by atoms with Crippen molar-refractivity contribution in [1.29, 1.82) is 0 Å². The number of hydrogen-bond acceptors (Lipinski definition) is 3. The molecule has 1 aliphatic heterocycles. The molecule has 14 heavy (non-hydrogen) atoms. The zero-order chi connectivity index (χ0) is 10.8. The molecule has 1 aliphatic rings. The maximum absolute atomic E-state index is 11.5. The Balaban J connectivity index is 2.86. The lowest BCUT2D eigenvalue weighted by atomic mass is 9.96. The highest BCUT2D eigenvalue weighted by Crippen LogP contribution is 2.20. The Labute approximate surface area is 84.6 Å². The van der Waals surface area contributed by atoms with Crippen LogP contribution in [-0.2, 0) is 4.79 Å². The number of hydrogen-bond donors (Lipinski definition) is 2. The van der Waals surface area contributed by atoms with Crippen molar-refractivity contribution in [2.45, 2.75) is 25.4 Å². The molecule has 1 fully saturated rings. The molecule has 0 aromatic heterocycles. The van der Waals surface area contributed by atoms with Crippen molar-refractivity contribution in [2.24, 2.45) is 0 Å². The molecule has 1 unspecified atom stereocenters. The van der Waals surface area contributed by atoms with Gasteiger partial charge >= 0.3 is 0 Å². The largest absolute Gasteiger partial charge is 0.394 e. The monoisotopic (exact) mass is 198 g/mol. The molecule has 1 amide bonds. The summed E-state index contributed by atoms with van der Waals surface area (Å²) in [5.74, 6) is -0.103. The number of carbonyl (C=O) groups excluding carboxylic acids is 1. The third-order valence-corrected chi connectivity index (χ3v) is 2.65. The van der Waals surface area contributed by atoms with Crippen LogP contribution in [0, 0.1) is 0 Å². The van der Waals surface area contributed by atoms with E-state index in [0.717, 1.165) is 0 Å². The molecule has 1 heterocycles.